The highest BCUT2D eigenvalue weighted by Crippen LogP contribution is 2.25. The number of carbonyl (C=O) groups excluding carboxylic acids is 1. The molecular formula is C19H21N3O3. The molecule has 0 aliphatic carbocycles. The summed E-state index contributed by atoms with van der Waals surface area (Å²) in [7, 11) is 1.60. The van der Waals surface area contributed by atoms with E-state index in [0.29, 0.717) is 36.0 Å². The van der Waals surface area contributed by atoms with Gasteiger partial charge in [0.15, 0.2) is 11.5 Å². The Hall–Kier alpha value is -3.02. The number of amides is 1. The number of carbonyl (C=O) groups is 1. The van der Waals surface area contributed by atoms with Crippen molar-refractivity contribution < 1.29 is 14.3 Å². The van der Waals surface area contributed by atoms with Crippen molar-refractivity contribution in [2.45, 2.75) is 13.8 Å². The number of imidazole rings is 1. The molecule has 130 valence electrons. The van der Waals surface area contributed by atoms with Gasteiger partial charge in [-0.1, -0.05) is 18.2 Å². The zero-order valence-corrected chi connectivity index (χ0v) is 14.6. The van der Waals surface area contributed by atoms with Crippen LogP contribution in [0.15, 0.2) is 42.6 Å². The van der Waals surface area contributed by atoms with Crippen LogP contribution in [0.5, 0.6) is 11.5 Å². The Balaban J connectivity index is 1.63. The molecule has 2 aromatic heterocycles. The van der Waals surface area contributed by atoms with Crippen LogP contribution >= 0.6 is 0 Å². The highest BCUT2D eigenvalue weighted by Gasteiger charge is 2.16. The van der Waals surface area contributed by atoms with Crippen LogP contribution in [0.2, 0.25) is 0 Å². The van der Waals surface area contributed by atoms with E-state index < -0.39 is 0 Å². The molecule has 1 aromatic carbocycles. The van der Waals surface area contributed by atoms with Gasteiger partial charge in [0.2, 0.25) is 0 Å². The van der Waals surface area contributed by atoms with Crippen molar-refractivity contribution in [3.8, 4) is 11.5 Å². The standard InChI is InChI=1S/C19H21N3O3/c1-13-8-9-17-21-14(2)18(22(17)12-13)19(23)20-10-11-25-16-7-5-4-6-15(16)24-3/h4-9,12H,10-11H2,1-3H3,(H,20,23). The minimum atomic E-state index is -0.167. The van der Waals surface area contributed by atoms with E-state index in [0.717, 1.165) is 11.2 Å². The summed E-state index contributed by atoms with van der Waals surface area (Å²) in [6.07, 6.45) is 1.91. The normalized spacial score (nSPS) is 10.7. The zero-order valence-electron chi connectivity index (χ0n) is 14.6. The molecule has 25 heavy (non-hydrogen) atoms. The van der Waals surface area contributed by atoms with Gasteiger partial charge in [-0.05, 0) is 37.6 Å². The summed E-state index contributed by atoms with van der Waals surface area (Å²) in [5, 5.41) is 2.88. The fourth-order valence-electron chi connectivity index (χ4n) is 2.69. The Morgan fingerprint density at radius 1 is 1.16 bits per heavy atom. The van der Waals surface area contributed by atoms with Gasteiger partial charge in [-0.15, -0.1) is 0 Å². The van der Waals surface area contributed by atoms with Crippen molar-refractivity contribution >= 4 is 11.6 Å². The maximum Gasteiger partial charge on any atom is 0.270 e. The van der Waals surface area contributed by atoms with E-state index in [1.807, 2.05) is 60.8 Å². The Kier molecular flexibility index (Phi) is 4.88. The van der Waals surface area contributed by atoms with Gasteiger partial charge in [-0.25, -0.2) is 4.98 Å². The smallest absolute Gasteiger partial charge is 0.270 e. The summed E-state index contributed by atoms with van der Waals surface area (Å²) in [6, 6.07) is 11.3. The van der Waals surface area contributed by atoms with Crippen molar-refractivity contribution in [2.75, 3.05) is 20.3 Å². The van der Waals surface area contributed by atoms with Crippen molar-refractivity contribution in [3.05, 3.63) is 59.5 Å². The Morgan fingerprint density at radius 2 is 1.92 bits per heavy atom. The van der Waals surface area contributed by atoms with Gasteiger partial charge in [-0.2, -0.15) is 0 Å². The van der Waals surface area contributed by atoms with Crippen molar-refractivity contribution in [2.24, 2.45) is 0 Å². The van der Waals surface area contributed by atoms with E-state index in [1.54, 1.807) is 7.11 Å². The summed E-state index contributed by atoms with van der Waals surface area (Å²) in [5.74, 6) is 1.15. The number of methoxy groups -OCH3 is 1. The first-order valence-electron chi connectivity index (χ1n) is 8.09. The Bertz CT molecular complexity index is 902. The molecule has 1 N–H and O–H groups in total. The van der Waals surface area contributed by atoms with Crippen LogP contribution in [-0.2, 0) is 0 Å². The largest absolute Gasteiger partial charge is 0.493 e. The predicted molar refractivity (Wildman–Crippen MR) is 95.5 cm³/mol. The lowest BCUT2D eigenvalue weighted by molar-refractivity contribution is 0.0940. The molecule has 2 heterocycles. The van der Waals surface area contributed by atoms with Crippen LogP contribution in [0.4, 0.5) is 0 Å². The van der Waals surface area contributed by atoms with Crippen LogP contribution in [0.1, 0.15) is 21.7 Å². The average Bonchev–Trinajstić information content (AvgIpc) is 2.94. The van der Waals surface area contributed by atoms with Gasteiger partial charge in [0.1, 0.15) is 17.9 Å². The summed E-state index contributed by atoms with van der Waals surface area (Å²) in [5.41, 5.74) is 3.08. The van der Waals surface area contributed by atoms with Crippen LogP contribution in [0, 0.1) is 13.8 Å². The minimum absolute atomic E-state index is 0.167. The second-order valence-electron chi connectivity index (χ2n) is 5.74. The number of aryl methyl sites for hydroxylation is 2. The number of ether oxygens (including phenoxy) is 2. The number of para-hydroxylation sites is 2. The number of benzene rings is 1. The quantitative estimate of drug-likeness (QED) is 0.702. The average molecular weight is 339 g/mol. The lowest BCUT2D eigenvalue weighted by Crippen LogP contribution is -2.29. The van der Waals surface area contributed by atoms with E-state index in [2.05, 4.69) is 10.3 Å². The zero-order chi connectivity index (χ0) is 17.8. The number of fused-ring (bicyclic) bond motifs is 1. The first-order valence-corrected chi connectivity index (χ1v) is 8.09. The van der Waals surface area contributed by atoms with E-state index in [9.17, 15) is 4.79 Å². The molecule has 0 aliphatic heterocycles. The topological polar surface area (TPSA) is 64.9 Å². The molecular weight excluding hydrogens is 318 g/mol. The monoisotopic (exact) mass is 339 g/mol. The molecule has 6 nitrogen and oxygen atoms in total. The number of nitrogens with one attached hydrogen (secondary N) is 1. The predicted octanol–water partition coefficient (Wildman–Crippen LogP) is 2.77. The summed E-state index contributed by atoms with van der Waals surface area (Å²) in [4.78, 5) is 17.0. The van der Waals surface area contributed by atoms with E-state index in [-0.39, 0.29) is 5.91 Å². The van der Waals surface area contributed by atoms with Crippen molar-refractivity contribution in [3.63, 3.8) is 0 Å². The third kappa shape index (κ3) is 3.57. The molecule has 0 saturated heterocycles. The van der Waals surface area contributed by atoms with Crippen molar-refractivity contribution in [1.29, 1.82) is 0 Å². The molecule has 0 atom stereocenters. The minimum Gasteiger partial charge on any atom is -0.493 e. The fraction of sp³-hybridized carbons (Fsp3) is 0.263. The second kappa shape index (κ2) is 7.25. The van der Waals surface area contributed by atoms with Gasteiger partial charge in [0.25, 0.3) is 5.91 Å². The molecule has 0 saturated carbocycles. The molecule has 6 heteroatoms. The summed E-state index contributed by atoms with van der Waals surface area (Å²) in [6.45, 7) is 4.55. The molecule has 0 bridgehead atoms. The Morgan fingerprint density at radius 3 is 2.68 bits per heavy atom. The maximum atomic E-state index is 12.5. The molecule has 3 aromatic rings. The van der Waals surface area contributed by atoms with Crippen LogP contribution in [0.25, 0.3) is 5.65 Å². The van der Waals surface area contributed by atoms with Crippen LogP contribution < -0.4 is 14.8 Å². The molecule has 0 spiro atoms. The number of hydrogen-bond donors (Lipinski definition) is 1. The maximum absolute atomic E-state index is 12.5. The highest BCUT2D eigenvalue weighted by atomic mass is 16.5. The van der Waals surface area contributed by atoms with Gasteiger partial charge < -0.3 is 14.8 Å². The van der Waals surface area contributed by atoms with E-state index in [4.69, 9.17) is 9.47 Å². The molecule has 3 rings (SSSR count). The lowest BCUT2D eigenvalue weighted by atomic mass is 10.3. The summed E-state index contributed by atoms with van der Waals surface area (Å²) >= 11 is 0. The fourth-order valence-corrected chi connectivity index (χ4v) is 2.69. The molecule has 0 fully saturated rings. The summed E-state index contributed by atoms with van der Waals surface area (Å²) < 4.78 is 12.7. The second-order valence-corrected chi connectivity index (χ2v) is 5.74. The SMILES string of the molecule is COc1ccccc1OCCNC(=O)c1c(C)nc2ccc(C)cn12. The van der Waals surface area contributed by atoms with Gasteiger partial charge in [-0.3, -0.25) is 9.20 Å². The molecule has 0 unspecified atom stereocenters. The Labute approximate surface area is 146 Å². The number of pyridine rings is 1. The number of nitrogens with zero attached hydrogens (tertiary/aromatic N) is 2. The molecule has 0 aliphatic rings. The first kappa shape index (κ1) is 16.8. The molecule has 0 radical (unpaired) electrons. The van der Waals surface area contributed by atoms with Gasteiger partial charge in [0.05, 0.1) is 19.3 Å². The van der Waals surface area contributed by atoms with Gasteiger partial charge in [0, 0.05) is 6.20 Å². The van der Waals surface area contributed by atoms with Crippen LogP contribution in [-0.4, -0.2) is 35.6 Å². The molecule has 1 amide bonds. The number of hydrogen-bond acceptors (Lipinski definition) is 4. The number of aromatic nitrogens is 2. The third-order valence-electron chi connectivity index (χ3n) is 3.87. The third-order valence-corrected chi connectivity index (χ3v) is 3.87. The van der Waals surface area contributed by atoms with E-state index in [1.165, 1.54) is 0 Å². The van der Waals surface area contributed by atoms with Crippen LogP contribution in [0.3, 0.4) is 0 Å². The number of rotatable bonds is 6. The first-order chi connectivity index (χ1) is 12.1. The van der Waals surface area contributed by atoms with E-state index >= 15 is 0 Å². The highest BCUT2D eigenvalue weighted by molar-refractivity contribution is 5.94. The van der Waals surface area contributed by atoms with Crippen molar-refractivity contribution in [1.82, 2.24) is 14.7 Å². The van der Waals surface area contributed by atoms with Gasteiger partial charge >= 0.3 is 0 Å². The lowest BCUT2D eigenvalue weighted by Gasteiger charge is -2.11.